The molecular formula is C15H26N2O2S. The van der Waals surface area contributed by atoms with E-state index in [2.05, 4.69) is 24.1 Å². The van der Waals surface area contributed by atoms with E-state index in [-0.39, 0.29) is 12.5 Å². The fourth-order valence-electron chi connectivity index (χ4n) is 2.36. The summed E-state index contributed by atoms with van der Waals surface area (Å²) in [6.07, 6.45) is 2.00. The molecule has 20 heavy (non-hydrogen) atoms. The van der Waals surface area contributed by atoms with Gasteiger partial charge in [-0.1, -0.05) is 13.8 Å². The Hall–Kier alpha value is -0.910. The lowest BCUT2D eigenvalue weighted by molar-refractivity contribution is -0.132. The van der Waals surface area contributed by atoms with E-state index in [0.717, 1.165) is 12.8 Å². The molecule has 1 rings (SSSR count). The summed E-state index contributed by atoms with van der Waals surface area (Å²) in [7, 11) is 1.84. The number of aliphatic hydroxyl groups excluding tert-OH is 1. The monoisotopic (exact) mass is 298 g/mol. The van der Waals surface area contributed by atoms with Gasteiger partial charge in [0.25, 0.3) is 0 Å². The Bertz CT molecular complexity index is 377. The van der Waals surface area contributed by atoms with Gasteiger partial charge in [0.2, 0.25) is 5.91 Å². The van der Waals surface area contributed by atoms with Crippen LogP contribution in [-0.2, 0) is 11.3 Å². The normalized spacial score (nSPS) is 11.3. The minimum atomic E-state index is 0.0953. The first kappa shape index (κ1) is 17.1. The Morgan fingerprint density at radius 3 is 2.60 bits per heavy atom. The highest BCUT2D eigenvalue weighted by Crippen LogP contribution is 2.11. The zero-order chi connectivity index (χ0) is 15.0. The number of carbonyl (C=O) groups excluding carboxylic acids is 1. The molecule has 0 saturated heterocycles. The average molecular weight is 298 g/mol. The van der Waals surface area contributed by atoms with E-state index in [9.17, 15) is 9.90 Å². The Morgan fingerprint density at radius 2 is 2.10 bits per heavy atom. The smallest absolute Gasteiger partial charge is 0.236 e. The fourth-order valence-corrected chi connectivity index (χ4v) is 3.02. The number of likely N-dealkylation sites (N-methyl/N-ethyl adjacent to an activating group) is 1. The second kappa shape index (κ2) is 9.10. The quantitative estimate of drug-likeness (QED) is 0.760. The number of aliphatic hydroxyl groups is 1. The highest BCUT2D eigenvalue weighted by molar-refractivity contribution is 7.07. The lowest BCUT2D eigenvalue weighted by Crippen LogP contribution is -2.44. The van der Waals surface area contributed by atoms with Crippen molar-refractivity contribution in [3.63, 3.8) is 0 Å². The summed E-state index contributed by atoms with van der Waals surface area (Å²) in [6.45, 7) is 5.93. The van der Waals surface area contributed by atoms with Crippen LogP contribution in [0.15, 0.2) is 16.8 Å². The topological polar surface area (TPSA) is 43.8 Å². The molecule has 0 radical (unpaired) electrons. The van der Waals surface area contributed by atoms with Gasteiger partial charge in [-0.05, 0) is 35.2 Å². The summed E-state index contributed by atoms with van der Waals surface area (Å²) in [5, 5.41) is 13.3. The third-order valence-corrected chi connectivity index (χ3v) is 4.34. The molecule has 4 nitrogen and oxygen atoms in total. The van der Waals surface area contributed by atoms with Gasteiger partial charge in [-0.25, -0.2) is 0 Å². The zero-order valence-corrected chi connectivity index (χ0v) is 13.5. The van der Waals surface area contributed by atoms with Crippen molar-refractivity contribution in [2.75, 3.05) is 26.7 Å². The highest BCUT2D eigenvalue weighted by Gasteiger charge is 2.19. The molecule has 0 fully saturated rings. The first-order valence-corrected chi connectivity index (χ1v) is 8.16. The van der Waals surface area contributed by atoms with Crippen LogP contribution in [0.5, 0.6) is 0 Å². The van der Waals surface area contributed by atoms with Gasteiger partial charge in [-0.3, -0.25) is 9.69 Å². The first-order chi connectivity index (χ1) is 9.62. The number of rotatable bonds is 9. The second-order valence-corrected chi connectivity index (χ2v) is 5.83. The first-order valence-electron chi connectivity index (χ1n) is 7.22. The molecule has 1 aromatic heterocycles. The lowest BCUT2D eigenvalue weighted by atomic mass is 10.1. The Balaban J connectivity index is 2.55. The van der Waals surface area contributed by atoms with Gasteiger partial charge >= 0.3 is 0 Å². The van der Waals surface area contributed by atoms with E-state index in [0.29, 0.717) is 25.7 Å². The van der Waals surface area contributed by atoms with E-state index in [4.69, 9.17) is 0 Å². The molecule has 5 heteroatoms. The average Bonchev–Trinajstić information content (AvgIpc) is 2.93. The largest absolute Gasteiger partial charge is 0.395 e. The van der Waals surface area contributed by atoms with E-state index < -0.39 is 0 Å². The zero-order valence-electron chi connectivity index (χ0n) is 12.7. The molecule has 0 aromatic carbocycles. The van der Waals surface area contributed by atoms with Crippen LogP contribution in [0.4, 0.5) is 0 Å². The molecule has 0 atom stereocenters. The van der Waals surface area contributed by atoms with Gasteiger partial charge in [0.05, 0.1) is 13.2 Å². The number of amides is 1. The summed E-state index contributed by atoms with van der Waals surface area (Å²) in [5.41, 5.74) is 1.17. The van der Waals surface area contributed by atoms with Crippen LogP contribution < -0.4 is 0 Å². The van der Waals surface area contributed by atoms with Crippen LogP contribution in [0.2, 0.25) is 0 Å². The fraction of sp³-hybridized carbons (Fsp3) is 0.667. The van der Waals surface area contributed by atoms with Crippen molar-refractivity contribution in [2.24, 2.45) is 0 Å². The van der Waals surface area contributed by atoms with Crippen LogP contribution in [0.25, 0.3) is 0 Å². The van der Waals surface area contributed by atoms with E-state index in [1.807, 2.05) is 18.5 Å². The van der Waals surface area contributed by atoms with Crippen LogP contribution in [0.1, 0.15) is 32.3 Å². The summed E-state index contributed by atoms with van der Waals surface area (Å²) >= 11 is 1.65. The summed E-state index contributed by atoms with van der Waals surface area (Å²) in [5.74, 6) is 0.108. The summed E-state index contributed by atoms with van der Waals surface area (Å²) in [6, 6.07) is 2.40. The number of hydrogen-bond acceptors (Lipinski definition) is 4. The standard InChI is InChI=1S/C15H26N2O2S/c1-4-14(5-2)17(7-8-18)11-15(19)16(3)10-13-6-9-20-12-13/h6,9,12,14,18H,4-5,7-8,10-11H2,1-3H3. The van der Waals surface area contributed by atoms with Crippen LogP contribution in [-0.4, -0.2) is 53.6 Å². The predicted molar refractivity (Wildman–Crippen MR) is 83.8 cm³/mol. The third-order valence-electron chi connectivity index (χ3n) is 3.61. The molecule has 1 amide bonds. The second-order valence-electron chi connectivity index (χ2n) is 5.05. The minimum absolute atomic E-state index is 0.0953. The SMILES string of the molecule is CCC(CC)N(CCO)CC(=O)N(C)Cc1ccsc1. The number of carbonyl (C=O) groups is 1. The van der Waals surface area contributed by atoms with Crippen LogP contribution >= 0.6 is 11.3 Å². The van der Waals surface area contributed by atoms with Gasteiger partial charge in [-0.15, -0.1) is 0 Å². The number of hydrogen-bond donors (Lipinski definition) is 1. The van der Waals surface area contributed by atoms with E-state index in [1.54, 1.807) is 16.2 Å². The van der Waals surface area contributed by atoms with Crippen molar-refractivity contribution < 1.29 is 9.90 Å². The Kier molecular flexibility index (Phi) is 7.80. The molecule has 1 aromatic rings. The van der Waals surface area contributed by atoms with Crippen molar-refractivity contribution in [1.29, 1.82) is 0 Å². The van der Waals surface area contributed by atoms with Gasteiger partial charge in [0.15, 0.2) is 0 Å². The van der Waals surface area contributed by atoms with E-state index in [1.165, 1.54) is 5.56 Å². The predicted octanol–water partition coefficient (Wildman–Crippen LogP) is 2.19. The molecule has 0 spiro atoms. The van der Waals surface area contributed by atoms with Crippen molar-refractivity contribution in [2.45, 2.75) is 39.3 Å². The Morgan fingerprint density at radius 1 is 1.40 bits per heavy atom. The molecule has 0 bridgehead atoms. The van der Waals surface area contributed by atoms with Crippen LogP contribution in [0.3, 0.4) is 0 Å². The molecule has 0 aliphatic rings. The molecule has 0 saturated carbocycles. The molecule has 1 N–H and O–H groups in total. The third kappa shape index (κ3) is 5.23. The number of thiophene rings is 1. The number of nitrogens with zero attached hydrogens (tertiary/aromatic N) is 2. The van der Waals surface area contributed by atoms with Gasteiger partial charge < -0.3 is 10.0 Å². The Labute approximate surface area is 126 Å². The maximum absolute atomic E-state index is 12.3. The van der Waals surface area contributed by atoms with Crippen LogP contribution in [0, 0.1) is 0 Å². The van der Waals surface area contributed by atoms with Gasteiger partial charge in [0, 0.05) is 26.2 Å². The summed E-state index contributed by atoms with van der Waals surface area (Å²) in [4.78, 5) is 16.1. The molecule has 1 heterocycles. The van der Waals surface area contributed by atoms with Gasteiger partial charge in [0.1, 0.15) is 0 Å². The molecular weight excluding hydrogens is 272 g/mol. The van der Waals surface area contributed by atoms with E-state index >= 15 is 0 Å². The lowest BCUT2D eigenvalue weighted by Gasteiger charge is -2.30. The maximum atomic E-state index is 12.3. The van der Waals surface area contributed by atoms with Crippen molar-refractivity contribution >= 4 is 17.2 Å². The highest BCUT2D eigenvalue weighted by atomic mass is 32.1. The van der Waals surface area contributed by atoms with Crippen molar-refractivity contribution in [1.82, 2.24) is 9.80 Å². The summed E-state index contributed by atoms with van der Waals surface area (Å²) < 4.78 is 0. The molecule has 0 aliphatic heterocycles. The van der Waals surface area contributed by atoms with Crippen molar-refractivity contribution in [3.05, 3.63) is 22.4 Å². The maximum Gasteiger partial charge on any atom is 0.236 e. The van der Waals surface area contributed by atoms with Gasteiger partial charge in [-0.2, -0.15) is 11.3 Å². The van der Waals surface area contributed by atoms with Crippen molar-refractivity contribution in [3.8, 4) is 0 Å². The molecule has 114 valence electrons. The molecule has 0 aliphatic carbocycles. The molecule has 0 unspecified atom stereocenters. The minimum Gasteiger partial charge on any atom is -0.395 e.